The number of benzene rings is 2. The lowest BCUT2D eigenvalue weighted by Crippen LogP contribution is -2.43. The first kappa shape index (κ1) is 27.7. The number of hydrogen-bond acceptors (Lipinski definition) is 6. The van der Waals surface area contributed by atoms with Crippen LogP contribution in [0.1, 0.15) is 35.2 Å². The molecule has 2 atom stereocenters. The third-order valence-corrected chi connectivity index (χ3v) is 7.41. The Morgan fingerprint density at radius 3 is 2.56 bits per heavy atom. The third kappa shape index (κ3) is 8.05. The first-order valence-electron chi connectivity index (χ1n) is 11.4. The molecule has 2 aromatic rings. The largest absolute Gasteiger partial charge is 0.480 e. The lowest BCUT2D eigenvalue weighted by molar-refractivity contribution is -0.139. The number of aliphatic carboxylic acids is 1. The predicted octanol–water partition coefficient (Wildman–Crippen LogP) is 1.49. The van der Waals surface area contributed by atoms with E-state index in [-0.39, 0.29) is 25.0 Å². The summed E-state index contributed by atoms with van der Waals surface area (Å²) in [5.74, 6) is -1.13. The van der Waals surface area contributed by atoms with E-state index in [1.807, 2.05) is 36.6 Å². The first-order chi connectivity index (χ1) is 17.2. The maximum atomic E-state index is 13.0. The monoisotopic (exact) mass is 534 g/mol. The highest BCUT2D eigenvalue weighted by atomic mass is 32.2. The standard InChI is InChI=1S/C24H30N4O6S2/c1-35-12-11-21(24(31)32)28-23(30)19-9-7-16(13-20(19)17-5-3-2-4-6-17)14-25-36(33,34)26-15-18-8-10-22(29)27-18/h2-7,9,13,18,21,25-26H,8,10-12,14-15H2,1H3,(H,27,29)(H,28,30)(H,31,32)/t18-,21-/m0/s1. The van der Waals surface area contributed by atoms with Crippen molar-refractivity contribution in [2.75, 3.05) is 18.6 Å². The van der Waals surface area contributed by atoms with Gasteiger partial charge in [0, 0.05) is 31.1 Å². The number of amides is 2. The number of hydrogen-bond donors (Lipinski definition) is 5. The second kappa shape index (κ2) is 12.9. The Morgan fingerprint density at radius 2 is 1.92 bits per heavy atom. The average molecular weight is 535 g/mol. The van der Waals surface area contributed by atoms with Gasteiger partial charge in [-0.1, -0.05) is 36.4 Å². The number of thioether (sulfide) groups is 1. The van der Waals surface area contributed by atoms with Crippen molar-refractivity contribution >= 4 is 39.8 Å². The lowest BCUT2D eigenvalue weighted by atomic mass is 9.96. The Hall–Kier alpha value is -2.93. The van der Waals surface area contributed by atoms with Crippen LogP contribution in [0.4, 0.5) is 0 Å². The van der Waals surface area contributed by atoms with Gasteiger partial charge in [0.15, 0.2) is 0 Å². The molecule has 1 saturated heterocycles. The Bertz CT molecular complexity index is 1190. The summed E-state index contributed by atoms with van der Waals surface area (Å²) in [6, 6.07) is 12.8. The summed E-state index contributed by atoms with van der Waals surface area (Å²) in [4.78, 5) is 35.9. The predicted molar refractivity (Wildman–Crippen MR) is 139 cm³/mol. The van der Waals surface area contributed by atoms with E-state index in [0.29, 0.717) is 41.7 Å². The van der Waals surface area contributed by atoms with Crippen LogP contribution >= 0.6 is 11.8 Å². The van der Waals surface area contributed by atoms with Crippen molar-refractivity contribution < 1.29 is 27.9 Å². The topological polar surface area (TPSA) is 154 Å². The van der Waals surface area contributed by atoms with E-state index in [1.165, 1.54) is 11.8 Å². The normalized spacial score (nSPS) is 16.4. The van der Waals surface area contributed by atoms with Gasteiger partial charge >= 0.3 is 5.97 Å². The summed E-state index contributed by atoms with van der Waals surface area (Å²) in [5.41, 5.74) is 2.19. The molecule has 0 bridgehead atoms. The minimum atomic E-state index is -3.82. The molecule has 0 unspecified atom stereocenters. The number of carboxylic acid groups (broad SMARTS) is 1. The van der Waals surface area contributed by atoms with E-state index in [0.717, 1.165) is 5.56 Å². The van der Waals surface area contributed by atoms with Crippen LogP contribution in [-0.2, 0) is 26.3 Å². The molecule has 0 aromatic heterocycles. The van der Waals surface area contributed by atoms with Crippen LogP contribution < -0.4 is 20.1 Å². The molecule has 1 aliphatic rings. The van der Waals surface area contributed by atoms with E-state index < -0.39 is 28.1 Å². The Balaban J connectivity index is 1.75. The molecule has 3 rings (SSSR count). The van der Waals surface area contributed by atoms with Crippen LogP contribution in [0.2, 0.25) is 0 Å². The van der Waals surface area contributed by atoms with Gasteiger partial charge in [-0.3, -0.25) is 9.59 Å². The van der Waals surface area contributed by atoms with Gasteiger partial charge in [-0.05, 0) is 53.7 Å². The summed E-state index contributed by atoms with van der Waals surface area (Å²) in [6.45, 7) is 0.0658. The van der Waals surface area contributed by atoms with E-state index in [9.17, 15) is 27.9 Å². The van der Waals surface area contributed by atoms with Crippen LogP contribution in [0.15, 0.2) is 48.5 Å². The summed E-state index contributed by atoms with van der Waals surface area (Å²) < 4.78 is 29.7. The number of rotatable bonds is 13. The summed E-state index contributed by atoms with van der Waals surface area (Å²) in [5, 5.41) is 14.8. The highest BCUT2D eigenvalue weighted by Crippen LogP contribution is 2.25. The zero-order valence-corrected chi connectivity index (χ0v) is 21.5. The zero-order valence-electron chi connectivity index (χ0n) is 19.8. The molecule has 194 valence electrons. The molecular weight excluding hydrogens is 504 g/mol. The van der Waals surface area contributed by atoms with Crippen molar-refractivity contribution in [3.8, 4) is 11.1 Å². The van der Waals surface area contributed by atoms with Gasteiger partial charge in [0.25, 0.3) is 16.1 Å². The van der Waals surface area contributed by atoms with Crippen LogP contribution in [-0.4, -0.2) is 61.9 Å². The van der Waals surface area contributed by atoms with Gasteiger partial charge in [-0.15, -0.1) is 0 Å². The molecule has 10 nitrogen and oxygen atoms in total. The molecule has 0 aliphatic carbocycles. The van der Waals surface area contributed by atoms with Crippen molar-refractivity contribution in [2.45, 2.75) is 37.9 Å². The van der Waals surface area contributed by atoms with Gasteiger partial charge in [0.1, 0.15) is 6.04 Å². The molecule has 0 spiro atoms. The minimum Gasteiger partial charge on any atom is -0.480 e. The van der Waals surface area contributed by atoms with Crippen LogP contribution in [0.25, 0.3) is 11.1 Å². The molecule has 12 heteroatoms. The lowest BCUT2D eigenvalue weighted by Gasteiger charge is -2.17. The van der Waals surface area contributed by atoms with Crippen molar-refractivity contribution in [2.24, 2.45) is 0 Å². The first-order valence-corrected chi connectivity index (χ1v) is 14.3. The fourth-order valence-corrected chi connectivity index (χ4v) is 5.11. The van der Waals surface area contributed by atoms with Crippen molar-refractivity contribution in [3.05, 3.63) is 59.7 Å². The summed E-state index contributed by atoms with van der Waals surface area (Å²) >= 11 is 1.50. The van der Waals surface area contributed by atoms with Crippen molar-refractivity contribution in [1.29, 1.82) is 0 Å². The minimum absolute atomic E-state index is 0.0282. The summed E-state index contributed by atoms with van der Waals surface area (Å²) in [6.07, 6.45) is 3.11. The third-order valence-electron chi connectivity index (χ3n) is 5.70. The van der Waals surface area contributed by atoms with Crippen LogP contribution in [0, 0.1) is 0 Å². The Kier molecular flexibility index (Phi) is 9.88. The van der Waals surface area contributed by atoms with Gasteiger partial charge in [0.2, 0.25) is 5.91 Å². The molecular formula is C24H30N4O6S2. The second-order valence-corrected chi connectivity index (χ2v) is 10.9. The smallest absolute Gasteiger partial charge is 0.326 e. The Morgan fingerprint density at radius 1 is 1.17 bits per heavy atom. The molecule has 5 N–H and O–H groups in total. The van der Waals surface area contributed by atoms with Crippen LogP contribution in [0.3, 0.4) is 0 Å². The fraction of sp³-hybridized carbons (Fsp3) is 0.375. The van der Waals surface area contributed by atoms with Crippen LogP contribution in [0.5, 0.6) is 0 Å². The van der Waals surface area contributed by atoms with Gasteiger partial charge in [0.05, 0.1) is 0 Å². The molecule has 1 heterocycles. The van der Waals surface area contributed by atoms with E-state index in [1.54, 1.807) is 18.2 Å². The second-order valence-electron chi connectivity index (χ2n) is 8.37. The van der Waals surface area contributed by atoms with Crippen molar-refractivity contribution in [3.63, 3.8) is 0 Å². The zero-order chi connectivity index (χ0) is 26.1. The SMILES string of the molecule is CSCC[C@H](NC(=O)c1ccc(CNS(=O)(=O)NC[C@@H]2CCC(=O)N2)cc1-c1ccccc1)C(=O)O. The molecule has 36 heavy (non-hydrogen) atoms. The number of carbonyl (C=O) groups is 3. The van der Waals surface area contributed by atoms with E-state index in [2.05, 4.69) is 20.1 Å². The number of nitrogens with one attached hydrogen (secondary N) is 4. The number of carbonyl (C=O) groups excluding carboxylic acids is 2. The maximum Gasteiger partial charge on any atom is 0.326 e. The molecule has 2 aromatic carbocycles. The van der Waals surface area contributed by atoms with E-state index >= 15 is 0 Å². The highest BCUT2D eigenvalue weighted by Gasteiger charge is 2.24. The van der Waals surface area contributed by atoms with Gasteiger partial charge in [-0.25, -0.2) is 9.52 Å². The van der Waals surface area contributed by atoms with Crippen molar-refractivity contribution in [1.82, 2.24) is 20.1 Å². The molecule has 0 radical (unpaired) electrons. The number of carboxylic acids is 1. The summed E-state index contributed by atoms with van der Waals surface area (Å²) in [7, 11) is -3.82. The average Bonchev–Trinajstić information content (AvgIpc) is 3.29. The molecule has 2 amide bonds. The quantitative estimate of drug-likeness (QED) is 0.261. The maximum absolute atomic E-state index is 13.0. The van der Waals surface area contributed by atoms with Gasteiger partial charge in [-0.2, -0.15) is 24.9 Å². The fourth-order valence-electron chi connectivity index (χ4n) is 3.76. The molecule has 0 saturated carbocycles. The molecule has 1 fully saturated rings. The molecule has 1 aliphatic heterocycles. The van der Waals surface area contributed by atoms with E-state index in [4.69, 9.17) is 0 Å². The highest BCUT2D eigenvalue weighted by molar-refractivity contribution is 7.98. The Labute approximate surface area is 214 Å². The van der Waals surface area contributed by atoms with Gasteiger partial charge < -0.3 is 15.7 Å².